The summed E-state index contributed by atoms with van der Waals surface area (Å²) in [4.78, 5) is 8.91. The normalized spacial score (nSPS) is 19.2. The Hall–Kier alpha value is -5.93. The van der Waals surface area contributed by atoms with Crippen molar-refractivity contribution in [2.24, 2.45) is 10.8 Å². The number of fused-ring (bicyclic) bond motifs is 3. The predicted molar refractivity (Wildman–Crippen MR) is 287 cm³/mol. The molecule has 0 aliphatic heterocycles. The van der Waals surface area contributed by atoms with Crippen molar-refractivity contribution in [3.8, 4) is 55.9 Å². The second kappa shape index (κ2) is 20.2. The first-order chi connectivity index (χ1) is 39.7. The van der Waals surface area contributed by atoms with Crippen LogP contribution in [0.1, 0.15) is 135 Å². The fourth-order valence-electron chi connectivity index (χ4n) is 9.08. The van der Waals surface area contributed by atoms with Gasteiger partial charge in [0, 0.05) is 62.6 Å². The summed E-state index contributed by atoms with van der Waals surface area (Å²) in [7, 11) is 0. The molecule has 3 heterocycles. The maximum atomic E-state index is 9.26. The molecule has 1 aliphatic carbocycles. The predicted octanol–water partition coefficient (Wildman–Crippen LogP) is 18.1. The number of hydrogen-bond donors (Lipinski definition) is 0. The van der Waals surface area contributed by atoms with Gasteiger partial charge in [-0.1, -0.05) is 155 Å². The van der Waals surface area contributed by atoms with Crippen LogP contribution in [0.3, 0.4) is 0 Å². The third-order valence-electron chi connectivity index (χ3n) is 12.7. The Bertz CT molecular complexity index is 3990. The quantitative estimate of drug-likeness (QED) is 0.149. The van der Waals surface area contributed by atoms with Crippen LogP contribution in [0.15, 0.2) is 138 Å². The summed E-state index contributed by atoms with van der Waals surface area (Å²) < 4.78 is 155. The van der Waals surface area contributed by atoms with Crippen molar-refractivity contribution in [2.45, 2.75) is 114 Å². The molecule has 0 atom stereocenters. The van der Waals surface area contributed by atoms with E-state index in [1.807, 2.05) is 76.2 Å². The second-order valence-electron chi connectivity index (χ2n) is 19.6. The maximum Gasteiger partial charge on any atom is 0.123 e. The zero-order valence-corrected chi connectivity index (χ0v) is 42.1. The molecule has 0 amide bonds. The second-order valence-corrected chi connectivity index (χ2v) is 19.6. The van der Waals surface area contributed by atoms with Gasteiger partial charge >= 0.3 is 0 Å². The molecule has 3 nitrogen and oxygen atoms in total. The number of rotatable bonds is 7. The fourth-order valence-corrected chi connectivity index (χ4v) is 9.08. The van der Waals surface area contributed by atoms with E-state index in [-0.39, 0.29) is 92.3 Å². The number of aryl methyl sites for hydroxylation is 6. The van der Waals surface area contributed by atoms with Crippen LogP contribution in [0.2, 0.25) is 0 Å². The molecule has 10 rings (SSSR count). The van der Waals surface area contributed by atoms with E-state index in [4.69, 9.17) is 27.7 Å². The molecular formula is C65H66IrN2O-2. The van der Waals surface area contributed by atoms with E-state index in [0.717, 1.165) is 54.0 Å². The molecule has 9 aromatic rings. The van der Waals surface area contributed by atoms with Crippen molar-refractivity contribution in [2.75, 3.05) is 0 Å². The molecular weight excluding hydrogens is 1020 g/mol. The smallest absolute Gasteiger partial charge is 0.123 e. The molecule has 0 N–H and O–H groups in total. The van der Waals surface area contributed by atoms with Crippen LogP contribution in [-0.4, -0.2) is 9.97 Å². The number of hydrogen-bond acceptors (Lipinski definition) is 3. The van der Waals surface area contributed by atoms with Gasteiger partial charge in [0.25, 0.3) is 0 Å². The Morgan fingerprint density at radius 3 is 2.14 bits per heavy atom. The van der Waals surface area contributed by atoms with E-state index in [2.05, 4.69) is 35.9 Å². The van der Waals surface area contributed by atoms with Gasteiger partial charge < -0.3 is 14.4 Å². The number of furan rings is 1. The van der Waals surface area contributed by atoms with E-state index in [0.29, 0.717) is 33.3 Å². The van der Waals surface area contributed by atoms with Crippen LogP contribution in [0.25, 0.3) is 77.8 Å². The molecule has 353 valence electrons. The minimum atomic E-state index is -2.71. The van der Waals surface area contributed by atoms with Crippen molar-refractivity contribution in [3.63, 3.8) is 0 Å². The average Bonchev–Trinajstić information content (AvgIpc) is 1.69. The third kappa shape index (κ3) is 10.9. The van der Waals surface area contributed by atoms with Crippen LogP contribution in [0, 0.1) is 64.1 Å². The molecule has 1 fully saturated rings. The Balaban J connectivity index is 0.000000275. The van der Waals surface area contributed by atoms with E-state index in [1.165, 1.54) is 24.4 Å². The summed E-state index contributed by atoms with van der Waals surface area (Å²) in [5.74, 6) is -0.695. The zero-order chi connectivity index (χ0) is 63.1. The Kier molecular flexibility index (Phi) is 9.17. The minimum absolute atomic E-state index is 0. The van der Waals surface area contributed by atoms with Crippen molar-refractivity contribution in [1.82, 2.24) is 9.97 Å². The Morgan fingerprint density at radius 2 is 1.43 bits per heavy atom. The minimum Gasteiger partial charge on any atom is -0.500 e. The first kappa shape index (κ1) is 31.3. The molecule has 0 spiro atoms. The average molecular weight is 1100 g/mol. The number of aromatic nitrogens is 2. The summed E-state index contributed by atoms with van der Waals surface area (Å²) in [5.41, 5.74) is 6.51. The molecule has 4 heteroatoms. The first-order valence-electron chi connectivity index (χ1n) is 32.0. The number of pyridine rings is 2. The molecule has 1 saturated carbocycles. The van der Waals surface area contributed by atoms with Gasteiger partial charge in [-0.3, -0.25) is 0 Å². The van der Waals surface area contributed by atoms with E-state index < -0.39 is 51.9 Å². The first-order valence-corrected chi connectivity index (χ1v) is 23.0. The van der Waals surface area contributed by atoms with E-state index in [9.17, 15) is 1.37 Å². The van der Waals surface area contributed by atoms with Gasteiger partial charge in [0.1, 0.15) is 5.58 Å². The Morgan fingerprint density at radius 1 is 0.667 bits per heavy atom. The maximum absolute atomic E-state index is 9.26. The molecule has 6 aromatic carbocycles. The SMILES string of the molecule is [2H]C([2H])([2H])c1c[c-]c(-c2ccc(C([2H])([2H])C(C)(C)C)cn2)cc1-c1ccccc1.[2H]C([2H])([2H])c1cc(C([2H])([2H])[2H])c2oc3c(-c4cc(-c5ccc(-c6ccc(C7([2H])CCC(C)(C)CC7)cc6C)cc5C([2H])([2H])[2H])c(C([2H])([2H])[2H])cn4)[c-]ccc3c2c1.[Ir]. The van der Waals surface area contributed by atoms with Crippen molar-refractivity contribution in [3.05, 3.63) is 190 Å². The number of benzene rings is 6. The van der Waals surface area contributed by atoms with Crippen LogP contribution < -0.4 is 0 Å². The molecule has 0 bridgehead atoms. The van der Waals surface area contributed by atoms with Gasteiger partial charge in [-0.25, -0.2) is 0 Å². The fraction of sp³-hybridized carbons (Fsp3) is 0.292. The van der Waals surface area contributed by atoms with Gasteiger partial charge in [-0.15, -0.1) is 47.5 Å². The van der Waals surface area contributed by atoms with Gasteiger partial charge in [-0.05, 0) is 162 Å². The van der Waals surface area contributed by atoms with E-state index in [1.54, 1.807) is 54.7 Å². The molecule has 3 aromatic heterocycles. The van der Waals surface area contributed by atoms with Gasteiger partial charge in [0.05, 0.1) is 5.58 Å². The standard InChI is InChI=1S/C42H42NO.C23H24N.Ir/c1-25-19-28(4)40-38(20-25)35-9-8-10-36(41(35)44-40)39-23-37(29(5)24-43-39)34-14-12-32(22-27(34)3)33-13-11-31(21-26(33)2)30-15-17-42(6,7)18-16-30;1-17-10-12-20(14-21(17)19-8-6-5-7-9-19)22-13-11-18(16-24-22)15-23(2,3)4;/h8-9,11-14,19-24,30H,15-18H2,1-7H3;5-11,13-14,16H,15H2,1-4H3;/q2*-1;/i1D3,3D3,4D3,5D3,30D;1D3,15D2;. The van der Waals surface area contributed by atoms with Gasteiger partial charge in [0.15, 0.2) is 0 Å². The summed E-state index contributed by atoms with van der Waals surface area (Å²) in [5, 5.41) is 0.666. The van der Waals surface area contributed by atoms with Crippen LogP contribution >= 0.6 is 0 Å². The van der Waals surface area contributed by atoms with Gasteiger partial charge in [-0.2, -0.15) is 0 Å². The van der Waals surface area contributed by atoms with Gasteiger partial charge in [0.2, 0.25) is 0 Å². The largest absolute Gasteiger partial charge is 0.500 e. The molecule has 0 unspecified atom stereocenters. The molecule has 1 aliphatic rings. The summed E-state index contributed by atoms with van der Waals surface area (Å²) in [6, 6.07) is 40.3. The van der Waals surface area contributed by atoms with Crippen molar-refractivity contribution >= 4 is 21.9 Å². The molecule has 69 heavy (non-hydrogen) atoms. The van der Waals surface area contributed by atoms with E-state index >= 15 is 0 Å². The summed E-state index contributed by atoms with van der Waals surface area (Å²) in [6.07, 6.45) is 4.63. The monoisotopic (exact) mass is 1100 g/mol. The van der Waals surface area contributed by atoms with Crippen LogP contribution in [0.5, 0.6) is 0 Å². The summed E-state index contributed by atoms with van der Waals surface area (Å²) >= 11 is 0. The van der Waals surface area contributed by atoms with Crippen molar-refractivity contribution in [1.29, 1.82) is 0 Å². The summed E-state index contributed by atoms with van der Waals surface area (Å²) in [6.45, 7) is -0.922. The number of nitrogens with zero attached hydrogens (tertiary/aromatic N) is 2. The third-order valence-corrected chi connectivity index (χ3v) is 12.7. The molecule has 0 saturated heterocycles. The topological polar surface area (TPSA) is 38.9 Å². The Labute approximate surface area is 450 Å². The van der Waals surface area contributed by atoms with Crippen LogP contribution in [0.4, 0.5) is 0 Å². The molecule has 1 radical (unpaired) electrons. The van der Waals surface area contributed by atoms with Crippen molar-refractivity contribution < 1.29 is 49.2 Å². The van der Waals surface area contributed by atoms with Crippen LogP contribution in [-0.2, 0) is 26.5 Å². The zero-order valence-electron chi connectivity index (χ0n) is 57.7.